The van der Waals surface area contributed by atoms with E-state index in [9.17, 15) is 4.79 Å². The third-order valence-electron chi connectivity index (χ3n) is 2.16. The maximum atomic E-state index is 11.3. The Morgan fingerprint density at radius 2 is 2.18 bits per heavy atom. The smallest absolute Gasteiger partial charge is 0.271 e. The van der Waals surface area contributed by atoms with Gasteiger partial charge in [-0.1, -0.05) is 23.7 Å². The lowest BCUT2D eigenvalue weighted by molar-refractivity contribution is 1.12. The minimum Gasteiger partial charge on any atom is -0.338 e. The van der Waals surface area contributed by atoms with Crippen molar-refractivity contribution < 1.29 is 0 Å². The van der Waals surface area contributed by atoms with Crippen molar-refractivity contribution in [2.45, 2.75) is 4.90 Å². The molecule has 0 spiro atoms. The summed E-state index contributed by atoms with van der Waals surface area (Å²) < 4.78 is 0. The van der Waals surface area contributed by atoms with Crippen LogP contribution in [0.25, 0.3) is 0 Å². The predicted molar refractivity (Wildman–Crippen MR) is 71.4 cm³/mol. The number of benzene rings is 1. The Balaban J connectivity index is 2.38. The summed E-state index contributed by atoms with van der Waals surface area (Å²) in [5.74, 6) is 0.358. The molecule has 0 bridgehead atoms. The summed E-state index contributed by atoms with van der Waals surface area (Å²) in [7, 11) is 0. The molecule has 0 saturated heterocycles. The molecule has 0 aliphatic heterocycles. The van der Waals surface area contributed by atoms with Crippen molar-refractivity contribution >= 4 is 34.9 Å². The van der Waals surface area contributed by atoms with Crippen molar-refractivity contribution in [3.8, 4) is 0 Å². The quantitative estimate of drug-likeness (QED) is 0.840. The van der Waals surface area contributed by atoms with Crippen LogP contribution in [0.3, 0.4) is 0 Å². The number of thioether (sulfide) groups is 1. The van der Waals surface area contributed by atoms with Crippen LogP contribution in [-0.4, -0.2) is 16.2 Å². The second-order valence-electron chi connectivity index (χ2n) is 3.22. The van der Waals surface area contributed by atoms with Gasteiger partial charge in [0.05, 0.1) is 12.0 Å². The first kappa shape index (κ1) is 12.0. The van der Waals surface area contributed by atoms with Gasteiger partial charge in [0.1, 0.15) is 5.02 Å². The van der Waals surface area contributed by atoms with Gasteiger partial charge < -0.3 is 10.3 Å². The maximum absolute atomic E-state index is 11.3. The molecular formula is C11H10ClN3OS. The number of anilines is 2. The zero-order chi connectivity index (χ0) is 12.3. The predicted octanol–water partition coefficient (Wildman–Crippen LogP) is 2.89. The third-order valence-corrected chi connectivity index (χ3v) is 3.30. The summed E-state index contributed by atoms with van der Waals surface area (Å²) in [4.78, 5) is 18.8. The Kier molecular flexibility index (Phi) is 3.71. The molecule has 0 unspecified atom stereocenters. The SMILES string of the molecule is CSc1ccccc1Nc1nc[nH]c(=O)c1Cl. The Morgan fingerprint density at radius 3 is 2.94 bits per heavy atom. The van der Waals surface area contributed by atoms with Crippen LogP contribution in [0.1, 0.15) is 0 Å². The van der Waals surface area contributed by atoms with Crippen molar-refractivity contribution in [1.29, 1.82) is 0 Å². The van der Waals surface area contributed by atoms with E-state index in [4.69, 9.17) is 11.6 Å². The van der Waals surface area contributed by atoms with Crippen LogP contribution in [0.4, 0.5) is 11.5 Å². The van der Waals surface area contributed by atoms with E-state index in [-0.39, 0.29) is 10.6 Å². The number of hydrogen-bond acceptors (Lipinski definition) is 4. The molecule has 6 heteroatoms. The first-order valence-corrected chi connectivity index (χ1v) is 6.46. The van der Waals surface area contributed by atoms with E-state index < -0.39 is 0 Å². The van der Waals surface area contributed by atoms with Gasteiger partial charge in [-0.3, -0.25) is 4.79 Å². The lowest BCUT2D eigenvalue weighted by Gasteiger charge is -2.09. The Hall–Kier alpha value is -1.46. The fraction of sp³-hybridized carbons (Fsp3) is 0.0909. The number of aromatic nitrogens is 2. The third kappa shape index (κ3) is 2.62. The summed E-state index contributed by atoms with van der Waals surface area (Å²) >= 11 is 7.47. The van der Waals surface area contributed by atoms with Crippen LogP contribution in [0.5, 0.6) is 0 Å². The molecule has 2 N–H and O–H groups in total. The van der Waals surface area contributed by atoms with Gasteiger partial charge in [0.15, 0.2) is 5.82 Å². The number of hydrogen-bond donors (Lipinski definition) is 2. The first-order valence-electron chi connectivity index (χ1n) is 4.85. The molecule has 0 atom stereocenters. The highest BCUT2D eigenvalue weighted by Gasteiger charge is 2.07. The van der Waals surface area contributed by atoms with Crippen LogP contribution in [-0.2, 0) is 0 Å². The molecule has 0 fully saturated rings. The minimum absolute atomic E-state index is 0.0587. The Labute approximate surface area is 107 Å². The first-order chi connectivity index (χ1) is 8.22. The number of H-pyrrole nitrogens is 1. The molecule has 1 aromatic carbocycles. The lowest BCUT2D eigenvalue weighted by Crippen LogP contribution is -2.09. The van der Waals surface area contributed by atoms with E-state index in [1.54, 1.807) is 11.8 Å². The number of nitrogens with one attached hydrogen (secondary N) is 2. The van der Waals surface area contributed by atoms with E-state index in [1.165, 1.54) is 6.33 Å². The van der Waals surface area contributed by atoms with Gasteiger partial charge in [0, 0.05) is 4.90 Å². The molecule has 0 saturated carbocycles. The topological polar surface area (TPSA) is 57.8 Å². The highest BCUT2D eigenvalue weighted by Crippen LogP contribution is 2.28. The zero-order valence-electron chi connectivity index (χ0n) is 9.03. The minimum atomic E-state index is -0.356. The number of halogens is 1. The molecule has 0 aliphatic carbocycles. The summed E-state index contributed by atoms with van der Waals surface area (Å²) in [6.07, 6.45) is 3.30. The lowest BCUT2D eigenvalue weighted by atomic mass is 10.3. The fourth-order valence-electron chi connectivity index (χ4n) is 1.35. The van der Waals surface area contributed by atoms with Crippen LogP contribution in [0, 0.1) is 0 Å². The van der Waals surface area contributed by atoms with E-state index >= 15 is 0 Å². The molecule has 1 aromatic heterocycles. The van der Waals surface area contributed by atoms with Crippen molar-refractivity contribution in [1.82, 2.24) is 9.97 Å². The molecule has 0 aliphatic rings. The van der Waals surface area contributed by atoms with E-state index in [0.717, 1.165) is 10.6 Å². The second kappa shape index (κ2) is 5.25. The molecule has 0 amide bonds. The standard InChI is InChI=1S/C11H10ClN3OS/c1-17-8-5-3-2-4-7(8)15-10-9(12)11(16)14-6-13-10/h2-6H,1H3,(H2,13,14,15,16). The van der Waals surface area contributed by atoms with Crippen molar-refractivity contribution in [3.63, 3.8) is 0 Å². The zero-order valence-corrected chi connectivity index (χ0v) is 10.6. The van der Waals surface area contributed by atoms with Crippen molar-refractivity contribution in [2.24, 2.45) is 0 Å². The average molecular weight is 268 g/mol. The maximum Gasteiger partial charge on any atom is 0.271 e. The molecule has 2 aromatic rings. The number of para-hydroxylation sites is 1. The molecule has 88 valence electrons. The molecule has 0 radical (unpaired) electrons. The van der Waals surface area contributed by atoms with Crippen molar-refractivity contribution in [2.75, 3.05) is 11.6 Å². The normalized spacial score (nSPS) is 10.2. The summed E-state index contributed by atoms with van der Waals surface area (Å²) in [6.45, 7) is 0. The van der Waals surface area contributed by atoms with Crippen molar-refractivity contribution in [3.05, 3.63) is 46.0 Å². The number of nitrogens with zero attached hydrogens (tertiary/aromatic N) is 1. The van der Waals surface area contributed by atoms with Crippen LogP contribution in [0.15, 0.2) is 40.3 Å². The summed E-state index contributed by atoms with van der Waals surface area (Å²) in [5.41, 5.74) is 0.519. The highest BCUT2D eigenvalue weighted by molar-refractivity contribution is 7.98. The van der Waals surface area contributed by atoms with Gasteiger partial charge in [-0.15, -0.1) is 11.8 Å². The van der Waals surface area contributed by atoms with Gasteiger partial charge >= 0.3 is 0 Å². The Bertz CT molecular complexity index is 585. The van der Waals surface area contributed by atoms with Gasteiger partial charge in [0.2, 0.25) is 0 Å². The molecule has 1 heterocycles. The molecule has 17 heavy (non-hydrogen) atoms. The largest absolute Gasteiger partial charge is 0.338 e. The number of aromatic amines is 1. The fourth-order valence-corrected chi connectivity index (χ4v) is 2.05. The number of rotatable bonds is 3. The van der Waals surface area contributed by atoms with Gasteiger partial charge in [-0.2, -0.15) is 0 Å². The molecule has 2 rings (SSSR count). The van der Waals surface area contributed by atoms with Gasteiger partial charge in [0.25, 0.3) is 5.56 Å². The summed E-state index contributed by atoms with van der Waals surface area (Å²) in [5, 5.41) is 3.11. The monoisotopic (exact) mass is 267 g/mol. The van der Waals surface area contributed by atoms with Crippen LogP contribution < -0.4 is 10.9 Å². The van der Waals surface area contributed by atoms with E-state index in [2.05, 4.69) is 15.3 Å². The summed E-state index contributed by atoms with van der Waals surface area (Å²) in [6, 6.07) is 7.74. The highest BCUT2D eigenvalue weighted by atomic mass is 35.5. The van der Waals surface area contributed by atoms with E-state index in [0.29, 0.717) is 5.82 Å². The second-order valence-corrected chi connectivity index (χ2v) is 4.45. The molecule has 4 nitrogen and oxygen atoms in total. The van der Waals surface area contributed by atoms with Gasteiger partial charge in [-0.25, -0.2) is 4.98 Å². The van der Waals surface area contributed by atoms with E-state index in [1.807, 2.05) is 30.5 Å². The molecular weight excluding hydrogens is 258 g/mol. The van der Waals surface area contributed by atoms with Crippen LogP contribution >= 0.6 is 23.4 Å². The van der Waals surface area contributed by atoms with Crippen LogP contribution in [0.2, 0.25) is 5.02 Å². The Morgan fingerprint density at radius 1 is 1.41 bits per heavy atom. The van der Waals surface area contributed by atoms with Gasteiger partial charge in [-0.05, 0) is 18.4 Å². The average Bonchev–Trinajstić information content (AvgIpc) is 2.35.